The van der Waals surface area contributed by atoms with E-state index in [-0.39, 0.29) is 29.9 Å². The molecule has 2 rings (SSSR count). The molecule has 8 heteroatoms. The van der Waals surface area contributed by atoms with Gasteiger partial charge in [-0.05, 0) is 62.2 Å². The third-order valence-electron chi connectivity index (χ3n) is 4.48. The van der Waals surface area contributed by atoms with Crippen LogP contribution in [0.4, 0.5) is 0 Å². The van der Waals surface area contributed by atoms with Gasteiger partial charge in [0.25, 0.3) is 0 Å². The molecule has 1 amide bonds. The van der Waals surface area contributed by atoms with Crippen molar-refractivity contribution in [1.29, 1.82) is 0 Å². The lowest BCUT2D eigenvalue weighted by atomic mass is 10.1. The highest BCUT2D eigenvalue weighted by molar-refractivity contribution is 9.10. The number of sulfonamides is 1. The van der Waals surface area contributed by atoms with Crippen molar-refractivity contribution in [2.75, 3.05) is 19.7 Å². The molecular weight excluding hydrogens is 456 g/mol. The van der Waals surface area contributed by atoms with Crippen LogP contribution in [-0.4, -0.2) is 38.3 Å². The minimum Gasteiger partial charge on any atom is -0.494 e. The van der Waals surface area contributed by atoms with Crippen molar-refractivity contribution < 1.29 is 17.9 Å². The molecule has 0 aromatic heterocycles. The van der Waals surface area contributed by atoms with Crippen molar-refractivity contribution in [1.82, 2.24) is 9.62 Å². The van der Waals surface area contributed by atoms with Gasteiger partial charge >= 0.3 is 0 Å². The van der Waals surface area contributed by atoms with E-state index in [0.717, 1.165) is 15.6 Å². The summed E-state index contributed by atoms with van der Waals surface area (Å²) in [5, 5.41) is 2.86. The molecule has 0 aliphatic heterocycles. The standard InChI is InChI=1S/C21H27BrN2O4S/c1-5-24(14-21(25)23-16(4)17-8-7-9-18(22)13-17)29(26,27)19-10-11-20(28-6-2)15(3)12-19/h7-13,16H,5-6,14H2,1-4H3,(H,23,25)/t16-/m0/s1. The number of hydrogen-bond donors (Lipinski definition) is 1. The van der Waals surface area contributed by atoms with Gasteiger partial charge < -0.3 is 10.1 Å². The molecule has 0 unspecified atom stereocenters. The summed E-state index contributed by atoms with van der Waals surface area (Å²) >= 11 is 3.41. The molecule has 1 atom stereocenters. The van der Waals surface area contributed by atoms with Crippen LogP contribution in [0.15, 0.2) is 51.8 Å². The van der Waals surface area contributed by atoms with Crippen molar-refractivity contribution in [2.24, 2.45) is 0 Å². The maximum absolute atomic E-state index is 13.0. The molecule has 0 saturated carbocycles. The van der Waals surface area contributed by atoms with Gasteiger partial charge in [-0.1, -0.05) is 35.0 Å². The molecule has 1 N–H and O–H groups in total. The topological polar surface area (TPSA) is 75.7 Å². The highest BCUT2D eigenvalue weighted by atomic mass is 79.9. The number of nitrogens with zero attached hydrogens (tertiary/aromatic N) is 1. The number of likely N-dealkylation sites (N-methyl/N-ethyl adjacent to an activating group) is 1. The molecule has 0 saturated heterocycles. The fourth-order valence-electron chi connectivity index (χ4n) is 2.92. The van der Waals surface area contributed by atoms with Crippen LogP contribution in [0.3, 0.4) is 0 Å². The maximum atomic E-state index is 13.0. The van der Waals surface area contributed by atoms with Crippen molar-refractivity contribution in [3.63, 3.8) is 0 Å². The zero-order chi connectivity index (χ0) is 21.6. The van der Waals surface area contributed by atoms with E-state index in [0.29, 0.717) is 12.4 Å². The molecule has 0 bridgehead atoms. The Bertz CT molecular complexity index is 963. The van der Waals surface area contributed by atoms with Gasteiger partial charge in [0.05, 0.1) is 24.1 Å². The fourth-order valence-corrected chi connectivity index (χ4v) is 4.83. The first-order chi connectivity index (χ1) is 13.7. The largest absolute Gasteiger partial charge is 0.494 e. The zero-order valence-electron chi connectivity index (χ0n) is 17.1. The number of carbonyl (C=O) groups excluding carboxylic acids is 1. The van der Waals surface area contributed by atoms with Gasteiger partial charge in [-0.3, -0.25) is 4.79 Å². The Kier molecular flexibility index (Phi) is 8.24. The second kappa shape index (κ2) is 10.2. The predicted octanol–water partition coefficient (Wildman–Crippen LogP) is 4.04. The second-order valence-corrected chi connectivity index (χ2v) is 9.49. The second-order valence-electron chi connectivity index (χ2n) is 6.64. The van der Waals surface area contributed by atoms with Crippen LogP contribution in [0.2, 0.25) is 0 Å². The fraction of sp³-hybridized carbons (Fsp3) is 0.381. The first-order valence-corrected chi connectivity index (χ1v) is 11.7. The van der Waals surface area contributed by atoms with Gasteiger partial charge in [0.1, 0.15) is 5.75 Å². The van der Waals surface area contributed by atoms with Gasteiger partial charge in [0, 0.05) is 11.0 Å². The van der Waals surface area contributed by atoms with Crippen LogP contribution in [0, 0.1) is 6.92 Å². The summed E-state index contributed by atoms with van der Waals surface area (Å²) in [6, 6.07) is 12.1. The summed E-state index contributed by atoms with van der Waals surface area (Å²) in [7, 11) is -3.80. The third-order valence-corrected chi connectivity index (χ3v) is 6.89. The molecule has 158 valence electrons. The number of halogens is 1. The molecule has 0 radical (unpaired) electrons. The molecule has 29 heavy (non-hydrogen) atoms. The molecule has 0 fully saturated rings. The lowest BCUT2D eigenvalue weighted by molar-refractivity contribution is -0.121. The van der Waals surface area contributed by atoms with E-state index in [2.05, 4.69) is 21.2 Å². The minimum absolute atomic E-state index is 0.146. The normalized spacial score (nSPS) is 12.6. The van der Waals surface area contributed by atoms with Crippen molar-refractivity contribution in [3.05, 3.63) is 58.1 Å². The van der Waals surface area contributed by atoms with E-state index >= 15 is 0 Å². The molecule has 0 aliphatic rings. The number of amides is 1. The van der Waals surface area contributed by atoms with Crippen LogP contribution in [0.25, 0.3) is 0 Å². The lowest BCUT2D eigenvalue weighted by Crippen LogP contribution is -2.41. The Morgan fingerprint density at radius 2 is 1.93 bits per heavy atom. The zero-order valence-corrected chi connectivity index (χ0v) is 19.5. The van der Waals surface area contributed by atoms with E-state index in [4.69, 9.17) is 4.74 Å². The molecule has 0 heterocycles. The first-order valence-electron chi connectivity index (χ1n) is 9.47. The summed E-state index contributed by atoms with van der Waals surface area (Å²) in [6.07, 6.45) is 0. The average Bonchev–Trinajstić information content (AvgIpc) is 2.67. The average molecular weight is 483 g/mol. The third kappa shape index (κ3) is 6.04. The van der Waals surface area contributed by atoms with E-state index in [1.807, 2.05) is 38.1 Å². The van der Waals surface area contributed by atoms with Gasteiger partial charge in [0.15, 0.2) is 0 Å². The van der Waals surface area contributed by atoms with Crippen molar-refractivity contribution >= 4 is 31.9 Å². The molecular formula is C21H27BrN2O4S. The van der Waals surface area contributed by atoms with Crippen molar-refractivity contribution in [2.45, 2.75) is 38.6 Å². The van der Waals surface area contributed by atoms with Gasteiger partial charge in [-0.25, -0.2) is 8.42 Å². The summed E-state index contributed by atoms with van der Waals surface area (Å²) in [5.74, 6) is 0.292. The molecule has 6 nitrogen and oxygen atoms in total. The number of nitrogens with one attached hydrogen (secondary N) is 1. The van der Waals surface area contributed by atoms with Crippen LogP contribution < -0.4 is 10.1 Å². The SMILES string of the molecule is CCOc1ccc(S(=O)(=O)N(CC)CC(=O)N[C@@H](C)c2cccc(Br)c2)cc1C. The predicted molar refractivity (Wildman–Crippen MR) is 117 cm³/mol. The Morgan fingerprint density at radius 1 is 1.21 bits per heavy atom. The summed E-state index contributed by atoms with van der Waals surface area (Å²) < 4.78 is 33.6. The number of hydrogen-bond acceptors (Lipinski definition) is 4. The Morgan fingerprint density at radius 3 is 2.52 bits per heavy atom. The van der Waals surface area contributed by atoms with Crippen LogP contribution in [0.1, 0.15) is 37.9 Å². The van der Waals surface area contributed by atoms with Gasteiger partial charge in [-0.2, -0.15) is 4.31 Å². The van der Waals surface area contributed by atoms with E-state index in [1.54, 1.807) is 26.0 Å². The minimum atomic E-state index is -3.80. The summed E-state index contributed by atoms with van der Waals surface area (Å²) in [4.78, 5) is 12.7. The van der Waals surface area contributed by atoms with E-state index in [1.165, 1.54) is 10.4 Å². The van der Waals surface area contributed by atoms with Crippen LogP contribution in [-0.2, 0) is 14.8 Å². The molecule has 2 aromatic rings. The number of rotatable bonds is 9. The maximum Gasteiger partial charge on any atom is 0.243 e. The van der Waals surface area contributed by atoms with E-state index in [9.17, 15) is 13.2 Å². The number of benzene rings is 2. The summed E-state index contributed by atoms with van der Waals surface area (Å²) in [5.41, 5.74) is 1.66. The first kappa shape index (κ1) is 23.4. The highest BCUT2D eigenvalue weighted by Gasteiger charge is 2.26. The number of ether oxygens (including phenoxy) is 1. The van der Waals surface area contributed by atoms with Crippen LogP contribution in [0.5, 0.6) is 5.75 Å². The van der Waals surface area contributed by atoms with Crippen LogP contribution >= 0.6 is 15.9 Å². The number of aryl methyl sites for hydroxylation is 1. The van der Waals surface area contributed by atoms with E-state index < -0.39 is 10.0 Å². The van der Waals surface area contributed by atoms with Gasteiger partial charge in [-0.15, -0.1) is 0 Å². The Labute approximate surface area is 181 Å². The Balaban J connectivity index is 2.13. The van der Waals surface area contributed by atoms with Crippen molar-refractivity contribution in [3.8, 4) is 5.75 Å². The smallest absolute Gasteiger partial charge is 0.243 e. The Hall–Kier alpha value is -1.90. The molecule has 0 spiro atoms. The molecule has 0 aliphatic carbocycles. The quantitative estimate of drug-likeness (QED) is 0.584. The monoisotopic (exact) mass is 482 g/mol. The lowest BCUT2D eigenvalue weighted by Gasteiger charge is -2.22. The van der Waals surface area contributed by atoms with Gasteiger partial charge in [0.2, 0.25) is 15.9 Å². The molecule has 2 aromatic carbocycles. The summed E-state index contributed by atoms with van der Waals surface area (Å²) in [6.45, 7) is 7.69. The highest BCUT2D eigenvalue weighted by Crippen LogP contribution is 2.24. The number of carbonyl (C=O) groups is 1.